The van der Waals surface area contributed by atoms with Crippen molar-refractivity contribution in [2.24, 2.45) is 0 Å². The first-order valence-electron chi connectivity index (χ1n) is 9.21. The second-order valence-corrected chi connectivity index (χ2v) is 6.97. The van der Waals surface area contributed by atoms with E-state index in [4.69, 9.17) is 9.47 Å². The summed E-state index contributed by atoms with van der Waals surface area (Å²) < 4.78 is 11.5. The molecule has 0 saturated carbocycles. The second kappa shape index (κ2) is 6.23. The van der Waals surface area contributed by atoms with Gasteiger partial charge in [0.1, 0.15) is 11.5 Å². The maximum absolute atomic E-state index is 9.84. The molecule has 0 atom stereocenters. The van der Waals surface area contributed by atoms with E-state index < -0.39 is 0 Å². The molecule has 6 aromatic carbocycles. The van der Waals surface area contributed by atoms with Crippen molar-refractivity contribution < 1.29 is 19.7 Å². The monoisotopic (exact) mass is 372 g/mol. The van der Waals surface area contributed by atoms with Crippen LogP contribution in [0.15, 0.2) is 48.5 Å². The van der Waals surface area contributed by atoms with Crippen LogP contribution < -0.4 is 9.47 Å². The standard InChI is InChI=1S/C24H20O4/c1-27-23-13(11-25)7-9-17-19-15-5-3-4-6-16(15)20(21(17)23)22-18(19)10-8-14(12-26)24(22)28-2/h3-10,25-26H,11-12H2,1-2H3. The number of rotatable bonds is 4. The normalized spacial score (nSPS) is 11.9. The Kier molecular flexibility index (Phi) is 3.79. The third-order valence-electron chi connectivity index (χ3n) is 5.73. The molecule has 0 unspecified atom stereocenters. The smallest absolute Gasteiger partial charge is 0.132 e. The van der Waals surface area contributed by atoms with Crippen LogP contribution >= 0.6 is 0 Å². The first kappa shape index (κ1) is 17.0. The van der Waals surface area contributed by atoms with E-state index in [9.17, 15) is 10.2 Å². The van der Waals surface area contributed by atoms with E-state index in [-0.39, 0.29) is 13.2 Å². The van der Waals surface area contributed by atoms with Gasteiger partial charge in [0.15, 0.2) is 0 Å². The van der Waals surface area contributed by atoms with Crippen LogP contribution in [0.4, 0.5) is 0 Å². The molecule has 6 aromatic rings. The van der Waals surface area contributed by atoms with Crippen molar-refractivity contribution in [1.29, 1.82) is 0 Å². The second-order valence-electron chi connectivity index (χ2n) is 6.97. The van der Waals surface area contributed by atoms with E-state index in [1.165, 1.54) is 5.39 Å². The van der Waals surface area contributed by atoms with Gasteiger partial charge in [0, 0.05) is 27.3 Å². The minimum atomic E-state index is -0.0958. The van der Waals surface area contributed by atoms with E-state index in [0.29, 0.717) is 11.5 Å². The SMILES string of the molecule is COc1c(CO)ccc2c1c1c3ccccc3c2c2ccc(CO)c(OC)c21. The zero-order valence-corrected chi connectivity index (χ0v) is 15.7. The number of hydrogen-bond acceptors (Lipinski definition) is 4. The lowest BCUT2D eigenvalue weighted by Crippen LogP contribution is -1.99. The zero-order chi connectivity index (χ0) is 19.4. The lowest BCUT2D eigenvalue weighted by Gasteiger charge is -2.22. The zero-order valence-electron chi connectivity index (χ0n) is 15.7. The molecule has 2 bridgehead atoms. The quantitative estimate of drug-likeness (QED) is 0.448. The van der Waals surface area contributed by atoms with Crippen molar-refractivity contribution in [3.8, 4) is 11.5 Å². The van der Waals surface area contributed by atoms with Crippen LogP contribution in [0.2, 0.25) is 0 Å². The first-order chi connectivity index (χ1) is 13.7. The molecule has 0 saturated heterocycles. The van der Waals surface area contributed by atoms with Crippen LogP contribution in [0.3, 0.4) is 0 Å². The molecule has 0 aliphatic rings. The molecule has 4 nitrogen and oxygen atoms in total. The number of benzene rings is 6. The van der Waals surface area contributed by atoms with Crippen LogP contribution in [0.25, 0.3) is 43.1 Å². The molecule has 140 valence electrons. The molecular weight excluding hydrogens is 352 g/mol. The summed E-state index contributed by atoms with van der Waals surface area (Å²) in [5.74, 6) is 1.37. The third-order valence-corrected chi connectivity index (χ3v) is 5.73. The number of aliphatic hydroxyl groups excluding tert-OH is 2. The fourth-order valence-corrected chi connectivity index (χ4v) is 4.63. The molecular formula is C24H20O4. The van der Waals surface area contributed by atoms with Gasteiger partial charge in [0.2, 0.25) is 0 Å². The first-order valence-corrected chi connectivity index (χ1v) is 9.21. The van der Waals surface area contributed by atoms with E-state index in [1.807, 2.05) is 24.3 Å². The maximum Gasteiger partial charge on any atom is 0.132 e. The van der Waals surface area contributed by atoms with E-state index >= 15 is 0 Å². The minimum absolute atomic E-state index is 0.0958. The highest BCUT2D eigenvalue weighted by Crippen LogP contribution is 2.51. The van der Waals surface area contributed by atoms with Gasteiger partial charge in [0.05, 0.1) is 27.4 Å². The van der Waals surface area contributed by atoms with Gasteiger partial charge in [-0.1, -0.05) is 48.5 Å². The summed E-state index contributed by atoms with van der Waals surface area (Å²) in [6.07, 6.45) is 0. The minimum Gasteiger partial charge on any atom is -0.496 e. The van der Waals surface area contributed by atoms with Crippen LogP contribution in [0.5, 0.6) is 11.5 Å². The number of methoxy groups -OCH3 is 2. The molecule has 0 amide bonds. The van der Waals surface area contributed by atoms with Gasteiger partial charge >= 0.3 is 0 Å². The van der Waals surface area contributed by atoms with Crippen LogP contribution in [0, 0.1) is 0 Å². The van der Waals surface area contributed by atoms with Gasteiger partial charge in [-0.25, -0.2) is 0 Å². The van der Waals surface area contributed by atoms with Crippen LogP contribution in [0.1, 0.15) is 11.1 Å². The van der Waals surface area contributed by atoms with Crippen molar-refractivity contribution in [3.63, 3.8) is 0 Å². The van der Waals surface area contributed by atoms with Crippen LogP contribution in [-0.2, 0) is 13.2 Å². The summed E-state index contributed by atoms with van der Waals surface area (Å²) in [5.41, 5.74) is 1.50. The predicted molar refractivity (Wildman–Crippen MR) is 113 cm³/mol. The van der Waals surface area contributed by atoms with Gasteiger partial charge in [-0.15, -0.1) is 0 Å². The Bertz CT molecular complexity index is 1280. The van der Waals surface area contributed by atoms with Gasteiger partial charge in [-0.3, -0.25) is 0 Å². The van der Waals surface area contributed by atoms with Crippen molar-refractivity contribution in [2.45, 2.75) is 13.2 Å². The van der Waals surface area contributed by atoms with Crippen molar-refractivity contribution in [3.05, 3.63) is 59.7 Å². The molecule has 2 N–H and O–H groups in total. The fraction of sp³-hybridized carbons (Fsp3) is 0.167. The molecule has 0 spiro atoms. The van der Waals surface area contributed by atoms with Crippen molar-refractivity contribution >= 4 is 43.1 Å². The van der Waals surface area contributed by atoms with E-state index in [2.05, 4.69) is 24.3 Å². The van der Waals surface area contributed by atoms with Gasteiger partial charge < -0.3 is 19.7 Å². The highest BCUT2D eigenvalue weighted by Gasteiger charge is 2.23. The van der Waals surface area contributed by atoms with Crippen molar-refractivity contribution in [2.75, 3.05) is 14.2 Å². The van der Waals surface area contributed by atoms with Gasteiger partial charge in [-0.05, 0) is 26.9 Å². The summed E-state index contributed by atoms with van der Waals surface area (Å²) in [5, 5.41) is 28.3. The molecule has 0 heterocycles. The largest absolute Gasteiger partial charge is 0.496 e. The number of hydrogen-bond donors (Lipinski definition) is 2. The summed E-state index contributed by atoms with van der Waals surface area (Å²) >= 11 is 0. The average Bonchev–Trinajstić information content (AvgIpc) is 2.76. The summed E-state index contributed by atoms with van der Waals surface area (Å²) in [7, 11) is 3.27. The summed E-state index contributed by atoms with van der Waals surface area (Å²) in [4.78, 5) is 0. The molecule has 28 heavy (non-hydrogen) atoms. The molecule has 0 aliphatic carbocycles. The maximum atomic E-state index is 9.84. The van der Waals surface area contributed by atoms with E-state index in [0.717, 1.165) is 48.8 Å². The summed E-state index contributed by atoms with van der Waals surface area (Å²) in [6.45, 7) is -0.192. The van der Waals surface area contributed by atoms with Gasteiger partial charge in [0.25, 0.3) is 0 Å². The molecule has 0 aromatic heterocycles. The fourth-order valence-electron chi connectivity index (χ4n) is 4.63. The Morgan fingerprint density at radius 2 is 1.04 bits per heavy atom. The highest BCUT2D eigenvalue weighted by molar-refractivity contribution is 6.42. The number of aliphatic hydroxyl groups is 2. The van der Waals surface area contributed by atoms with Crippen LogP contribution in [-0.4, -0.2) is 24.4 Å². The third kappa shape index (κ3) is 2.02. The Balaban J connectivity index is 2.20. The van der Waals surface area contributed by atoms with Crippen molar-refractivity contribution in [1.82, 2.24) is 0 Å². The van der Waals surface area contributed by atoms with E-state index in [1.54, 1.807) is 14.2 Å². The summed E-state index contributed by atoms with van der Waals surface area (Å²) in [6, 6.07) is 16.3. The topological polar surface area (TPSA) is 58.9 Å². The lowest BCUT2D eigenvalue weighted by atomic mass is 9.84. The Hall–Kier alpha value is -3.08. The molecule has 0 fully saturated rings. The molecule has 0 aliphatic heterocycles. The van der Waals surface area contributed by atoms with Gasteiger partial charge in [-0.2, -0.15) is 0 Å². The highest BCUT2D eigenvalue weighted by atomic mass is 16.5. The Labute approximate surface area is 161 Å². The predicted octanol–water partition coefficient (Wildman–Crippen LogP) is 4.74. The number of ether oxygens (including phenoxy) is 2. The lowest BCUT2D eigenvalue weighted by molar-refractivity contribution is 0.274. The Morgan fingerprint density at radius 3 is 1.46 bits per heavy atom. The molecule has 4 heteroatoms. The Morgan fingerprint density at radius 1 is 0.571 bits per heavy atom. The average molecular weight is 372 g/mol. The molecule has 6 rings (SSSR count). The molecule has 0 radical (unpaired) electrons.